The van der Waals surface area contributed by atoms with Crippen molar-refractivity contribution in [3.8, 4) is 0 Å². The van der Waals surface area contributed by atoms with Gasteiger partial charge in [-0.05, 0) is 53.0 Å². The summed E-state index contributed by atoms with van der Waals surface area (Å²) in [4.78, 5) is 1.13. The molecule has 2 aromatic rings. The standard InChI is InChI=1S/C18H21NO3S2/c19-24(21,22)18-10-8-14(9-11-18)2-1-3-17(23)12-15-4-6-16(13-20)7-5-15/h4-11,20H,1-3,12-13H2,(H2,19,21,22). The van der Waals surface area contributed by atoms with E-state index in [1.54, 1.807) is 12.1 Å². The monoisotopic (exact) mass is 363 g/mol. The number of primary sulfonamides is 1. The van der Waals surface area contributed by atoms with Gasteiger partial charge < -0.3 is 5.11 Å². The van der Waals surface area contributed by atoms with E-state index < -0.39 is 10.0 Å². The number of hydrogen-bond donors (Lipinski definition) is 2. The summed E-state index contributed by atoms with van der Waals surface area (Å²) in [6, 6.07) is 14.4. The second-order valence-electron chi connectivity index (χ2n) is 5.73. The van der Waals surface area contributed by atoms with Gasteiger partial charge in [-0.25, -0.2) is 13.6 Å². The maximum atomic E-state index is 11.2. The molecule has 0 fully saturated rings. The Bertz CT molecular complexity index is 782. The van der Waals surface area contributed by atoms with Crippen LogP contribution < -0.4 is 5.14 Å². The Hall–Kier alpha value is -1.60. The van der Waals surface area contributed by atoms with E-state index in [0.717, 1.165) is 47.2 Å². The first-order chi connectivity index (χ1) is 11.4. The predicted molar refractivity (Wildman–Crippen MR) is 99.4 cm³/mol. The lowest BCUT2D eigenvalue weighted by atomic mass is 10.0. The summed E-state index contributed by atoms with van der Waals surface area (Å²) in [5.41, 5.74) is 3.11. The lowest BCUT2D eigenvalue weighted by Crippen LogP contribution is -2.11. The van der Waals surface area contributed by atoms with Gasteiger partial charge in [0.05, 0.1) is 11.5 Å². The van der Waals surface area contributed by atoms with Gasteiger partial charge in [0.2, 0.25) is 10.0 Å². The van der Waals surface area contributed by atoms with Crippen LogP contribution in [-0.4, -0.2) is 18.4 Å². The van der Waals surface area contributed by atoms with Crippen molar-refractivity contribution in [1.82, 2.24) is 0 Å². The Morgan fingerprint density at radius 2 is 1.50 bits per heavy atom. The van der Waals surface area contributed by atoms with Crippen molar-refractivity contribution in [1.29, 1.82) is 0 Å². The van der Waals surface area contributed by atoms with Crippen LogP contribution in [0.4, 0.5) is 0 Å². The molecule has 0 aliphatic rings. The van der Waals surface area contributed by atoms with Crippen LogP contribution in [0, 0.1) is 0 Å². The van der Waals surface area contributed by atoms with Gasteiger partial charge in [-0.3, -0.25) is 0 Å². The third-order valence-electron chi connectivity index (χ3n) is 3.78. The molecular weight excluding hydrogens is 342 g/mol. The number of hydrogen-bond acceptors (Lipinski definition) is 4. The van der Waals surface area contributed by atoms with E-state index in [-0.39, 0.29) is 11.5 Å². The second kappa shape index (κ2) is 8.48. The quantitative estimate of drug-likeness (QED) is 0.707. The topological polar surface area (TPSA) is 80.4 Å². The molecule has 24 heavy (non-hydrogen) atoms. The van der Waals surface area contributed by atoms with Crippen molar-refractivity contribution in [3.05, 3.63) is 65.2 Å². The molecule has 0 aliphatic heterocycles. The maximum absolute atomic E-state index is 11.2. The third kappa shape index (κ3) is 5.79. The van der Waals surface area contributed by atoms with Gasteiger partial charge in [-0.15, -0.1) is 0 Å². The molecule has 0 saturated carbocycles. The molecule has 4 nitrogen and oxygen atoms in total. The molecule has 0 aliphatic carbocycles. The van der Waals surface area contributed by atoms with Crippen molar-refractivity contribution in [2.24, 2.45) is 5.14 Å². The summed E-state index contributed by atoms with van der Waals surface area (Å²) in [5.74, 6) is 0. The first-order valence-corrected chi connectivity index (χ1v) is 9.66. The molecule has 0 amide bonds. The predicted octanol–water partition coefficient (Wildman–Crippen LogP) is 2.76. The minimum Gasteiger partial charge on any atom is -0.392 e. The molecule has 0 radical (unpaired) electrons. The fraction of sp³-hybridized carbons (Fsp3) is 0.278. The Morgan fingerprint density at radius 1 is 0.958 bits per heavy atom. The average molecular weight is 364 g/mol. The number of nitrogens with two attached hydrogens (primary N) is 1. The maximum Gasteiger partial charge on any atom is 0.238 e. The SMILES string of the molecule is NS(=O)(=O)c1ccc(CCCC(=S)Cc2ccc(CO)cc2)cc1. The number of rotatable bonds is 8. The molecule has 6 heteroatoms. The first kappa shape index (κ1) is 18.7. The van der Waals surface area contributed by atoms with Crippen molar-refractivity contribution in [2.45, 2.75) is 37.2 Å². The Balaban J connectivity index is 1.79. The summed E-state index contributed by atoms with van der Waals surface area (Å²) in [5, 5.41) is 14.1. The molecule has 0 spiro atoms. The zero-order chi connectivity index (χ0) is 17.6. The Kier molecular flexibility index (Phi) is 6.62. The highest BCUT2D eigenvalue weighted by molar-refractivity contribution is 7.89. The summed E-state index contributed by atoms with van der Waals surface area (Å²) >= 11 is 5.44. The Labute approximate surface area is 148 Å². The van der Waals surface area contributed by atoms with E-state index in [1.807, 2.05) is 24.3 Å². The van der Waals surface area contributed by atoms with Gasteiger partial charge in [0.15, 0.2) is 0 Å². The highest BCUT2D eigenvalue weighted by atomic mass is 32.2. The minimum absolute atomic E-state index is 0.0506. The van der Waals surface area contributed by atoms with Gasteiger partial charge in [0, 0.05) is 6.42 Å². The molecule has 2 rings (SSSR count). The number of sulfonamides is 1. The fourth-order valence-electron chi connectivity index (χ4n) is 2.41. The number of aliphatic hydroxyl groups is 1. The van der Waals surface area contributed by atoms with E-state index in [1.165, 1.54) is 12.1 Å². The second-order valence-corrected chi connectivity index (χ2v) is 7.87. The average Bonchev–Trinajstić information content (AvgIpc) is 2.55. The summed E-state index contributed by atoms with van der Waals surface area (Å²) < 4.78 is 22.4. The van der Waals surface area contributed by atoms with Crippen LogP contribution in [0.15, 0.2) is 53.4 Å². The number of aryl methyl sites for hydroxylation is 1. The summed E-state index contributed by atoms with van der Waals surface area (Å²) in [6.07, 6.45) is 3.36. The largest absolute Gasteiger partial charge is 0.392 e. The fourth-order valence-corrected chi connectivity index (χ4v) is 3.24. The van der Waals surface area contributed by atoms with E-state index in [0.29, 0.717) is 0 Å². The van der Waals surface area contributed by atoms with Gasteiger partial charge in [0.1, 0.15) is 0 Å². The van der Waals surface area contributed by atoms with E-state index >= 15 is 0 Å². The van der Waals surface area contributed by atoms with Crippen LogP contribution >= 0.6 is 12.2 Å². The molecule has 0 heterocycles. The zero-order valence-corrected chi connectivity index (χ0v) is 14.9. The molecular formula is C18H21NO3S2. The van der Waals surface area contributed by atoms with Crippen molar-refractivity contribution < 1.29 is 13.5 Å². The van der Waals surface area contributed by atoms with Crippen molar-refractivity contribution >= 4 is 27.1 Å². The van der Waals surface area contributed by atoms with Crippen molar-refractivity contribution in [3.63, 3.8) is 0 Å². The highest BCUT2D eigenvalue weighted by Gasteiger charge is 2.07. The van der Waals surface area contributed by atoms with Crippen LogP contribution in [0.3, 0.4) is 0 Å². The van der Waals surface area contributed by atoms with Gasteiger partial charge in [-0.1, -0.05) is 48.6 Å². The summed E-state index contributed by atoms with van der Waals surface area (Å²) in [7, 11) is -3.63. The van der Waals surface area contributed by atoms with E-state index in [9.17, 15) is 8.42 Å². The molecule has 0 unspecified atom stereocenters. The molecule has 3 N–H and O–H groups in total. The van der Waals surface area contributed by atoms with Gasteiger partial charge >= 0.3 is 0 Å². The van der Waals surface area contributed by atoms with Crippen LogP contribution in [-0.2, 0) is 29.5 Å². The number of thiocarbonyl (C=S) groups is 1. The van der Waals surface area contributed by atoms with Crippen LogP contribution in [0.1, 0.15) is 29.5 Å². The van der Waals surface area contributed by atoms with Crippen molar-refractivity contribution in [2.75, 3.05) is 0 Å². The van der Waals surface area contributed by atoms with Crippen LogP contribution in [0.25, 0.3) is 0 Å². The number of aliphatic hydroxyl groups excluding tert-OH is 1. The molecule has 0 atom stereocenters. The van der Waals surface area contributed by atoms with Gasteiger partial charge in [0.25, 0.3) is 0 Å². The molecule has 0 bridgehead atoms. The van der Waals surface area contributed by atoms with Crippen LogP contribution in [0.2, 0.25) is 0 Å². The zero-order valence-electron chi connectivity index (χ0n) is 13.3. The molecule has 0 aromatic heterocycles. The molecule has 128 valence electrons. The molecule has 2 aromatic carbocycles. The third-order valence-corrected chi connectivity index (χ3v) is 5.06. The Morgan fingerprint density at radius 3 is 2.04 bits per heavy atom. The highest BCUT2D eigenvalue weighted by Crippen LogP contribution is 2.13. The van der Waals surface area contributed by atoms with Gasteiger partial charge in [-0.2, -0.15) is 0 Å². The lowest BCUT2D eigenvalue weighted by Gasteiger charge is -2.06. The molecule has 0 saturated heterocycles. The van der Waals surface area contributed by atoms with E-state index in [2.05, 4.69) is 0 Å². The minimum atomic E-state index is -3.63. The first-order valence-electron chi connectivity index (χ1n) is 7.70. The normalized spacial score (nSPS) is 11.4. The number of benzene rings is 2. The lowest BCUT2D eigenvalue weighted by molar-refractivity contribution is 0.282. The smallest absolute Gasteiger partial charge is 0.238 e. The summed E-state index contributed by atoms with van der Waals surface area (Å²) in [6.45, 7) is 0.0506. The van der Waals surface area contributed by atoms with Crippen LogP contribution in [0.5, 0.6) is 0 Å². The van der Waals surface area contributed by atoms with E-state index in [4.69, 9.17) is 22.5 Å².